The van der Waals surface area contributed by atoms with Crippen molar-refractivity contribution in [2.45, 2.75) is 13.3 Å². The number of amides is 2. The number of rotatable bonds is 9. The summed E-state index contributed by atoms with van der Waals surface area (Å²) < 4.78 is 28.1. The zero-order chi connectivity index (χ0) is 24.6. The molecule has 0 aromatic heterocycles. The minimum Gasteiger partial charge on any atom is -0.312 e. The predicted molar refractivity (Wildman–Crippen MR) is 138 cm³/mol. The van der Waals surface area contributed by atoms with Gasteiger partial charge in [-0.15, -0.1) is 0 Å². The van der Waals surface area contributed by atoms with Crippen molar-refractivity contribution < 1.29 is 18.0 Å². The largest absolute Gasteiger partial charge is 0.312 e. The summed E-state index contributed by atoms with van der Waals surface area (Å²) in [5, 5.41) is 0.927. The van der Waals surface area contributed by atoms with Crippen LogP contribution in [0.5, 0.6) is 0 Å². The summed E-state index contributed by atoms with van der Waals surface area (Å²) in [6, 6.07) is 25.0. The molecule has 0 saturated carbocycles. The molecule has 0 heterocycles. The molecule has 6 nitrogen and oxygen atoms in total. The first-order chi connectivity index (χ1) is 16.3. The summed E-state index contributed by atoms with van der Waals surface area (Å²) in [4.78, 5) is 28.1. The van der Waals surface area contributed by atoms with Gasteiger partial charge in [0.25, 0.3) is 10.0 Å². The number of nitrogens with one attached hydrogen (secondary N) is 1. The molecule has 0 spiro atoms. The fourth-order valence-corrected chi connectivity index (χ4v) is 4.48. The van der Waals surface area contributed by atoms with Crippen LogP contribution in [0.15, 0.2) is 94.8 Å². The number of anilines is 1. The van der Waals surface area contributed by atoms with Crippen molar-refractivity contribution in [3.8, 4) is 0 Å². The standard InChI is InChI=1S/C26H25BrN2O4S/c1-2-29(23-11-7-4-8-12-23)26(31)24(19-21-13-15-22(27)16-14-21)25(30)28-34(32,33)18-17-20-9-5-3-6-10-20/h3-18,24H,2,19H2,1H3,(H,28,30). The van der Waals surface area contributed by atoms with E-state index in [0.29, 0.717) is 17.8 Å². The Morgan fingerprint density at radius 2 is 1.53 bits per heavy atom. The van der Waals surface area contributed by atoms with Gasteiger partial charge in [-0.05, 0) is 54.8 Å². The molecule has 1 unspecified atom stereocenters. The van der Waals surface area contributed by atoms with Crippen molar-refractivity contribution in [2.24, 2.45) is 5.92 Å². The van der Waals surface area contributed by atoms with Crippen LogP contribution in [-0.4, -0.2) is 26.8 Å². The fraction of sp³-hybridized carbons (Fsp3) is 0.154. The Kier molecular flexibility index (Phi) is 8.79. The van der Waals surface area contributed by atoms with Crippen LogP contribution >= 0.6 is 15.9 Å². The maximum absolute atomic E-state index is 13.5. The van der Waals surface area contributed by atoms with Crippen molar-refractivity contribution in [1.29, 1.82) is 0 Å². The number of hydrogen-bond donors (Lipinski definition) is 1. The lowest BCUT2D eigenvalue weighted by Gasteiger charge is -2.26. The molecule has 0 saturated heterocycles. The highest BCUT2D eigenvalue weighted by Crippen LogP contribution is 2.21. The molecule has 3 rings (SSSR count). The highest BCUT2D eigenvalue weighted by Gasteiger charge is 2.33. The SMILES string of the molecule is CCN(C(=O)C(Cc1ccc(Br)cc1)C(=O)NS(=O)(=O)C=Cc1ccccc1)c1ccccc1. The number of halogens is 1. The number of carbonyl (C=O) groups is 2. The van der Waals surface area contributed by atoms with Gasteiger partial charge in [0.05, 0.1) is 5.41 Å². The van der Waals surface area contributed by atoms with E-state index in [-0.39, 0.29) is 6.42 Å². The summed E-state index contributed by atoms with van der Waals surface area (Å²) in [6.07, 6.45) is 1.45. The van der Waals surface area contributed by atoms with E-state index in [2.05, 4.69) is 20.7 Å². The van der Waals surface area contributed by atoms with Crippen LogP contribution in [0.1, 0.15) is 18.1 Å². The average molecular weight is 541 g/mol. The maximum atomic E-state index is 13.5. The second kappa shape index (κ2) is 11.8. The van der Waals surface area contributed by atoms with Gasteiger partial charge in [-0.25, -0.2) is 13.1 Å². The molecule has 34 heavy (non-hydrogen) atoms. The molecule has 0 aliphatic heterocycles. The summed E-state index contributed by atoms with van der Waals surface area (Å²) in [5.41, 5.74) is 2.04. The zero-order valence-corrected chi connectivity index (χ0v) is 21.0. The molecule has 3 aromatic carbocycles. The third-order valence-corrected chi connectivity index (χ3v) is 6.61. The van der Waals surface area contributed by atoms with Gasteiger partial charge in [0.2, 0.25) is 11.8 Å². The molecular weight excluding hydrogens is 516 g/mol. The topological polar surface area (TPSA) is 83.6 Å². The quantitative estimate of drug-likeness (QED) is 0.396. The summed E-state index contributed by atoms with van der Waals surface area (Å²) in [7, 11) is -4.11. The van der Waals surface area contributed by atoms with Gasteiger partial charge in [0, 0.05) is 16.7 Å². The van der Waals surface area contributed by atoms with E-state index in [4.69, 9.17) is 0 Å². The average Bonchev–Trinajstić information content (AvgIpc) is 2.84. The van der Waals surface area contributed by atoms with Crippen LogP contribution in [-0.2, 0) is 26.0 Å². The molecule has 0 aliphatic carbocycles. The zero-order valence-electron chi connectivity index (χ0n) is 18.6. The van der Waals surface area contributed by atoms with Crippen molar-refractivity contribution in [3.05, 3.63) is 106 Å². The van der Waals surface area contributed by atoms with Crippen LogP contribution in [0.3, 0.4) is 0 Å². The molecule has 0 radical (unpaired) electrons. The lowest BCUT2D eigenvalue weighted by atomic mass is 9.97. The molecular formula is C26H25BrN2O4S. The third kappa shape index (κ3) is 7.13. The van der Waals surface area contributed by atoms with Crippen molar-refractivity contribution >= 4 is 49.5 Å². The van der Waals surface area contributed by atoms with Gasteiger partial charge >= 0.3 is 0 Å². The predicted octanol–water partition coefficient (Wildman–Crippen LogP) is 4.78. The van der Waals surface area contributed by atoms with E-state index in [1.165, 1.54) is 11.0 Å². The summed E-state index contributed by atoms with van der Waals surface area (Å²) in [6.45, 7) is 2.13. The Morgan fingerprint density at radius 3 is 2.12 bits per heavy atom. The van der Waals surface area contributed by atoms with Crippen LogP contribution in [0.2, 0.25) is 0 Å². The number of hydrogen-bond acceptors (Lipinski definition) is 4. The monoisotopic (exact) mass is 540 g/mol. The highest BCUT2D eigenvalue weighted by atomic mass is 79.9. The summed E-state index contributed by atoms with van der Waals surface area (Å²) >= 11 is 3.37. The number of nitrogens with zero attached hydrogens (tertiary/aromatic N) is 1. The first kappa shape index (κ1) is 25.4. The van der Waals surface area contributed by atoms with Crippen LogP contribution in [0, 0.1) is 5.92 Å². The molecule has 8 heteroatoms. The Morgan fingerprint density at radius 1 is 0.941 bits per heavy atom. The molecule has 2 amide bonds. The van der Waals surface area contributed by atoms with E-state index in [9.17, 15) is 18.0 Å². The van der Waals surface area contributed by atoms with E-state index >= 15 is 0 Å². The smallest absolute Gasteiger partial charge is 0.257 e. The van der Waals surface area contributed by atoms with E-state index in [1.807, 2.05) is 24.3 Å². The Hall–Kier alpha value is -3.23. The highest BCUT2D eigenvalue weighted by molar-refractivity contribution is 9.10. The van der Waals surface area contributed by atoms with E-state index in [0.717, 1.165) is 15.4 Å². The van der Waals surface area contributed by atoms with E-state index in [1.54, 1.807) is 67.6 Å². The lowest BCUT2D eigenvalue weighted by Crippen LogP contribution is -2.46. The molecule has 1 atom stereocenters. The second-order valence-corrected chi connectivity index (χ2v) is 10.0. The van der Waals surface area contributed by atoms with E-state index < -0.39 is 27.8 Å². The van der Waals surface area contributed by atoms with Gasteiger partial charge in [0.1, 0.15) is 5.92 Å². The fourth-order valence-electron chi connectivity index (χ4n) is 3.39. The van der Waals surface area contributed by atoms with Gasteiger partial charge in [-0.2, -0.15) is 0 Å². The molecule has 3 aromatic rings. The lowest BCUT2D eigenvalue weighted by molar-refractivity contribution is -0.132. The molecule has 0 fully saturated rings. The maximum Gasteiger partial charge on any atom is 0.257 e. The Balaban J connectivity index is 1.87. The number of para-hydroxylation sites is 1. The van der Waals surface area contributed by atoms with Crippen LogP contribution < -0.4 is 9.62 Å². The first-order valence-electron chi connectivity index (χ1n) is 10.7. The molecule has 176 valence electrons. The van der Waals surface area contributed by atoms with Crippen molar-refractivity contribution in [3.63, 3.8) is 0 Å². The Bertz CT molecular complexity index is 1240. The summed E-state index contributed by atoms with van der Waals surface area (Å²) in [5.74, 6) is -2.59. The second-order valence-electron chi connectivity index (χ2n) is 7.53. The van der Waals surface area contributed by atoms with Gasteiger partial charge in [-0.1, -0.05) is 76.6 Å². The van der Waals surface area contributed by atoms with Crippen molar-refractivity contribution in [2.75, 3.05) is 11.4 Å². The Labute approximate surface area is 208 Å². The van der Waals surface area contributed by atoms with Gasteiger partial charge in [-0.3, -0.25) is 9.59 Å². The number of carbonyl (C=O) groups excluding carboxylic acids is 2. The molecule has 0 bridgehead atoms. The normalized spacial score (nSPS) is 12.3. The minimum absolute atomic E-state index is 0.0548. The van der Waals surface area contributed by atoms with Crippen LogP contribution in [0.25, 0.3) is 6.08 Å². The number of sulfonamides is 1. The molecule has 1 N–H and O–H groups in total. The van der Waals surface area contributed by atoms with Gasteiger partial charge < -0.3 is 4.90 Å². The minimum atomic E-state index is -4.11. The number of benzene rings is 3. The van der Waals surface area contributed by atoms with Crippen molar-refractivity contribution in [1.82, 2.24) is 4.72 Å². The van der Waals surface area contributed by atoms with Gasteiger partial charge in [0.15, 0.2) is 0 Å². The van der Waals surface area contributed by atoms with Crippen LogP contribution in [0.4, 0.5) is 5.69 Å². The molecule has 0 aliphatic rings. The third-order valence-electron chi connectivity index (χ3n) is 5.10. The first-order valence-corrected chi connectivity index (χ1v) is 13.0.